The van der Waals surface area contributed by atoms with Crippen LogP contribution < -0.4 is 10.2 Å². The van der Waals surface area contributed by atoms with Crippen molar-refractivity contribution in [3.05, 3.63) is 22.1 Å². The maximum absolute atomic E-state index is 11.9. The summed E-state index contributed by atoms with van der Waals surface area (Å²) >= 11 is 2.80. The summed E-state index contributed by atoms with van der Waals surface area (Å²) < 4.78 is 0. The number of aromatic nitrogens is 2. The van der Waals surface area contributed by atoms with E-state index < -0.39 is 0 Å². The highest BCUT2D eigenvalue weighted by Crippen LogP contribution is 2.25. The summed E-state index contributed by atoms with van der Waals surface area (Å²) in [7, 11) is 0. The first-order valence-corrected chi connectivity index (χ1v) is 8.34. The van der Waals surface area contributed by atoms with E-state index in [-0.39, 0.29) is 18.2 Å². The summed E-state index contributed by atoms with van der Waals surface area (Å²) in [5.74, 6) is -0.0347. The first-order chi connectivity index (χ1) is 10.1. The van der Waals surface area contributed by atoms with Crippen molar-refractivity contribution in [3.8, 4) is 0 Å². The molecule has 1 saturated heterocycles. The standard InChI is InChI=1S/C13H14N4O2S2/c1-8-6-20-12(14-8)16-10(18)5-9-7-21-13(15-9)17-4-2-3-11(17)19/h6-7H,2-5H2,1H3,(H,14,16,18). The molecule has 3 heterocycles. The van der Waals surface area contributed by atoms with Crippen molar-refractivity contribution in [2.24, 2.45) is 0 Å². The molecule has 2 aromatic rings. The lowest BCUT2D eigenvalue weighted by molar-refractivity contribution is -0.117. The molecule has 2 aromatic heterocycles. The molecule has 6 nitrogen and oxygen atoms in total. The van der Waals surface area contributed by atoms with E-state index in [9.17, 15) is 9.59 Å². The number of thiazole rings is 2. The van der Waals surface area contributed by atoms with Crippen LogP contribution in [0.15, 0.2) is 10.8 Å². The lowest BCUT2D eigenvalue weighted by Crippen LogP contribution is -2.23. The summed E-state index contributed by atoms with van der Waals surface area (Å²) in [5, 5.41) is 7.75. The molecule has 0 radical (unpaired) electrons. The molecular formula is C13H14N4O2S2. The van der Waals surface area contributed by atoms with Gasteiger partial charge in [0.05, 0.1) is 17.8 Å². The molecule has 0 aromatic carbocycles. The number of hydrogen-bond donors (Lipinski definition) is 1. The van der Waals surface area contributed by atoms with Crippen molar-refractivity contribution in [1.82, 2.24) is 9.97 Å². The van der Waals surface area contributed by atoms with E-state index in [1.54, 1.807) is 4.90 Å². The van der Waals surface area contributed by atoms with Crippen LogP contribution in [0.5, 0.6) is 0 Å². The SMILES string of the molecule is Cc1csc(NC(=O)Cc2csc(N3CCCC3=O)n2)n1. The second-order valence-electron chi connectivity index (χ2n) is 4.79. The van der Waals surface area contributed by atoms with Crippen LogP contribution in [-0.4, -0.2) is 28.3 Å². The zero-order valence-corrected chi connectivity index (χ0v) is 13.1. The van der Waals surface area contributed by atoms with Crippen LogP contribution in [0.4, 0.5) is 10.3 Å². The smallest absolute Gasteiger partial charge is 0.232 e. The van der Waals surface area contributed by atoms with Gasteiger partial charge in [-0.05, 0) is 13.3 Å². The molecule has 0 unspecified atom stereocenters. The number of nitrogens with zero attached hydrogens (tertiary/aromatic N) is 3. The summed E-state index contributed by atoms with van der Waals surface area (Å²) in [6.07, 6.45) is 1.65. The molecule has 0 saturated carbocycles. The van der Waals surface area contributed by atoms with Gasteiger partial charge in [0, 0.05) is 23.7 Å². The fourth-order valence-corrected chi connectivity index (χ4v) is 3.66. The highest BCUT2D eigenvalue weighted by molar-refractivity contribution is 7.14. The number of carbonyl (C=O) groups excluding carboxylic acids is 2. The van der Waals surface area contributed by atoms with Crippen LogP contribution in [-0.2, 0) is 16.0 Å². The monoisotopic (exact) mass is 322 g/mol. The van der Waals surface area contributed by atoms with E-state index in [1.165, 1.54) is 22.7 Å². The van der Waals surface area contributed by atoms with Gasteiger partial charge in [-0.3, -0.25) is 14.5 Å². The summed E-state index contributed by atoms with van der Waals surface area (Å²) in [6, 6.07) is 0. The van der Waals surface area contributed by atoms with Crippen molar-refractivity contribution in [2.75, 3.05) is 16.8 Å². The Labute approximate surface area is 129 Å². The molecule has 0 spiro atoms. The van der Waals surface area contributed by atoms with Crippen LogP contribution in [0.2, 0.25) is 0 Å². The Morgan fingerprint density at radius 1 is 1.38 bits per heavy atom. The minimum atomic E-state index is -0.144. The maximum Gasteiger partial charge on any atom is 0.232 e. The van der Waals surface area contributed by atoms with Crippen molar-refractivity contribution in [3.63, 3.8) is 0 Å². The molecular weight excluding hydrogens is 308 g/mol. The topological polar surface area (TPSA) is 75.2 Å². The zero-order valence-electron chi connectivity index (χ0n) is 11.5. The van der Waals surface area contributed by atoms with Gasteiger partial charge >= 0.3 is 0 Å². The Balaban J connectivity index is 1.61. The van der Waals surface area contributed by atoms with Crippen LogP contribution in [0.1, 0.15) is 24.2 Å². The predicted octanol–water partition coefficient (Wildman–Crippen LogP) is 2.22. The average molecular weight is 322 g/mol. The first kappa shape index (κ1) is 14.2. The molecule has 0 bridgehead atoms. The molecule has 3 rings (SSSR count). The van der Waals surface area contributed by atoms with E-state index in [1.807, 2.05) is 17.7 Å². The molecule has 1 aliphatic rings. The minimum absolute atomic E-state index is 0.110. The number of nitrogens with one attached hydrogen (secondary N) is 1. The van der Waals surface area contributed by atoms with Crippen LogP contribution in [0.3, 0.4) is 0 Å². The van der Waals surface area contributed by atoms with E-state index in [2.05, 4.69) is 15.3 Å². The summed E-state index contributed by atoms with van der Waals surface area (Å²) in [4.78, 5) is 33.8. The lowest BCUT2D eigenvalue weighted by atomic mass is 10.3. The summed E-state index contributed by atoms with van der Waals surface area (Å²) in [6.45, 7) is 2.60. The maximum atomic E-state index is 11.9. The van der Waals surface area contributed by atoms with Crippen molar-refractivity contribution < 1.29 is 9.59 Å². The second-order valence-corrected chi connectivity index (χ2v) is 6.48. The molecule has 21 heavy (non-hydrogen) atoms. The molecule has 0 atom stereocenters. The lowest BCUT2D eigenvalue weighted by Gasteiger charge is -2.10. The van der Waals surface area contributed by atoms with Gasteiger partial charge in [0.1, 0.15) is 0 Å². The number of aryl methyl sites for hydroxylation is 1. The van der Waals surface area contributed by atoms with Gasteiger partial charge in [-0.1, -0.05) is 0 Å². The average Bonchev–Trinajstić information content (AvgIpc) is 3.12. The molecule has 1 fully saturated rings. The second kappa shape index (κ2) is 5.90. The quantitative estimate of drug-likeness (QED) is 0.936. The van der Waals surface area contributed by atoms with Gasteiger partial charge in [-0.25, -0.2) is 9.97 Å². The molecule has 8 heteroatoms. The predicted molar refractivity (Wildman–Crippen MR) is 82.9 cm³/mol. The third-order valence-corrected chi connectivity index (χ3v) is 4.84. The Hall–Kier alpha value is -1.80. The van der Waals surface area contributed by atoms with Gasteiger partial charge in [0.25, 0.3) is 0 Å². The van der Waals surface area contributed by atoms with Gasteiger partial charge < -0.3 is 5.32 Å². The highest BCUT2D eigenvalue weighted by Gasteiger charge is 2.24. The normalized spacial score (nSPS) is 14.7. The molecule has 110 valence electrons. The van der Waals surface area contributed by atoms with Crippen molar-refractivity contribution >= 4 is 44.8 Å². The van der Waals surface area contributed by atoms with Gasteiger partial charge in [0.15, 0.2) is 10.3 Å². The fraction of sp³-hybridized carbons (Fsp3) is 0.385. The Morgan fingerprint density at radius 3 is 2.90 bits per heavy atom. The number of hydrogen-bond acceptors (Lipinski definition) is 6. The largest absolute Gasteiger partial charge is 0.302 e. The third kappa shape index (κ3) is 3.27. The summed E-state index contributed by atoms with van der Waals surface area (Å²) in [5.41, 5.74) is 1.57. The van der Waals surface area contributed by atoms with Crippen LogP contribution in [0, 0.1) is 6.92 Å². The molecule has 1 aliphatic heterocycles. The number of carbonyl (C=O) groups is 2. The van der Waals surface area contributed by atoms with Gasteiger partial charge in [0.2, 0.25) is 11.8 Å². The van der Waals surface area contributed by atoms with Crippen molar-refractivity contribution in [1.29, 1.82) is 0 Å². The Kier molecular flexibility index (Phi) is 3.98. The molecule has 1 N–H and O–H groups in total. The van der Waals surface area contributed by atoms with E-state index in [4.69, 9.17) is 0 Å². The number of amides is 2. The Bertz CT molecular complexity index is 679. The van der Waals surface area contributed by atoms with E-state index in [0.29, 0.717) is 22.4 Å². The zero-order chi connectivity index (χ0) is 14.8. The first-order valence-electron chi connectivity index (χ1n) is 6.58. The number of anilines is 2. The third-order valence-electron chi connectivity index (χ3n) is 3.05. The van der Waals surface area contributed by atoms with Crippen LogP contribution in [0.25, 0.3) is 0 Å². The van der Waals surface area contributed by atoms with Crippen molar-refractivity contribution in [2.45, 2.75) is 26.2 Å². The van der Waals surface area contributed by atoms with E-state index >= 15 is 0 Å². The van der Waals surface area contributed by atoms with Gasteiger partial charge in [-0.2, -0.15) is 0 Å². The number of rotatable bonds is 4. The molecule has 0 aliphatic carbocycles. The fourth-order valence-electron chi connectivity index (χ4n) is 2.09. The molecule has 2 amide bonds. The van der Waals surface area contributed by atoms with E-state index in [0.717, 1.165) is 18.7 Å². The Morgan fingerprint density at radius 2 is 2.24 bits per heavy atom. The van der Waals surface area contributed by atoms with Crippen LogP contribution >= 0.6 is 22.7 Å². The minimum Gasteiger partial charge on any atom is -0.302 e. The van der Waals surface area contributed by atoms with Gasteiger partial charge in [-0.15, -0.1) is 22.7 Å². The highest BCUT2D eigenvalue weighted by atomic mass is 32.1.